The van der Waals surface area contributed by atoms with Crippen LogP contribution in [0.15, 0.2) is 47.1 Å². The minimum Gasteiger partial charge on any atom is -0.459 e. The Bertz CT molecular complexity index is 837. The third kappa shape index (κ3) is 1.83. The number of furan rings is 1. The van der Waals surface area contributed by atoms with Crippen LogP contribution in [0.4, 0.5) is 5.82 Å². The van der Waals surface area contributed by atoms with Gasteiger partial charge in [0, 0.05) is 11.9 Å². The maximum absolute atomic E-state index is 12.5. The van der Waals surface area contributed by atoms with Crippen LogP contribution in [0.25, 0.3) is 10.9 Å². The highest BCUT2D eigenvalue weighted by atomic mass is 16.3. The molecule has 0 atom stereocenters. The minimum atomic E-state index is -0.126. The lowest BCUT2D eigenvalue weighted by Gasteiger charge is -2.15. The Balaban J connectivity index is 1.84. The first-order chi connectivity index (χ1) is 10.2. The number of fused-ring (bicyclic) bond motifs is 2. The molecule has 1 aliphatic heterocycles. The molecule has 4 heteroatoms. The Morgan fingerprint density at radius 2 is 2.19 bits per heavy atom. The van der Waals surface area contributed by atoms with Crippen molar-refractivity contribution in [3.05, 3.63) is 59.5 Å². The van der Waals surface area contributed by atoms with E-state index >= 15 is 0 Å². The van der Waals surface area contributed by atoms with Gasteiger partial charge in [0.15, 0.2) is 5.76 Å². The third-order valence-electron chi connectivity index (χ3n) is 3.94. The number of hydrogen-bond donors (Lipinski definition) is 0. The maximum atomic E-state index is 12.5. The van der Waals surface area contributed by atoms with Crippen molar-refractivity contribution in [2.24, 2.45) is 0 Å². The molecule has 3 aromatic rings. The van der Waals surface area contributed by atoms with Crippen molar-refractivity contribution in [3.8, 4) is 0 Å². The second-order valence-electron chi connectivity index (χ2n) is 5.30. The van der Waals surface area contributed by atoms with Gasteiger partial charge in [-0.3, -0.25) is 9.69 Å². The summed E-state index contributed by atoms with van der Waals surface area (Å²) in [6.45, 7) is 2.69. The number of aromatic nitrogens is 1. The van der Waals surface area contributed by atoms with E-state index in [0.717, 1.165) is 34.3 Å². The van der Waals surface area contributed by atoms with Crippen LogP contribution >= 0.6 is 0 Å². The molecule has 0 unspecified atom stereocenters. The summed E-state index contributed by atoms with van der Waals surface area (Å²) in [5, 5.41) is 1.13. The van der Waals surface area contributed by atoms with E-state index in [1.807, 2.05) is 19.1 Å². The zero-order valence-electron chi connectivity index (χ0n) is 11.7. The summed E-state index contributed by atoms with van der Waals surface area (Å²) in [6, 6.07) is 11.7. The van der Waals surface area contributed by atoms with Gasteiger partial charge >= 0.3 is 0 Å². The van der Waals surface area contributed by atoms with Crippen LogP contribution in [0.2, 0.25) is 0 Å². The van der Waals surface area contributed by atoms with Crippen LogP contribution in [-0.2, 0) is 6.42 Å². The molecule has 104 valence electrons. The number of hydrogen-bond acceptors (Lipinski definition) is 3. The highest BCUT2D eigenvalue weighted by Gasteiger charge is 2.28. The van der Waals surface area contributed by atoms with Crippen molar-refractivity contribution in [2.45, 2.75) is 13.3 Å². The van der Waals surface area contributed by atoms with Crippen LogP contribution in [0, 0.1) is 6.92 Å². The number of nitrogens with zero attached hydrogens (tertiary/aromatic N) is 2. The van der Waals surface area contributed by atoms with Crippen LogP contribution in [0.1, 0.15) is 21.7 Å². The van der Waals surface area contributed by atoms with E-state index in [0.29, 0.717) is 12.3 Å². The number of para-hydroxylation sites is 1. The smallest absolute Gasteiger partial charge is 0.295 e. The first-order valence-electron chi connectivity index (χ1n) is 6.98. The van der Waals surface area contributed by atoms with Gasteiger partial charge in [-0.25, -0.2) is 4.98 Å². The van der Waals surface area contributed by atoms with Gasteiger partial charge in [0.2, 0.25) is 0 Å². The molecule has 0 aliphatic carbocycles. The summed E-state index contributed by atoms with van der Waals surface area (Å²) in [5.41, 5.74) is 3.19. The van der Waals surface area contributed by atoms with Crippen LogP contribution in [0.3, 0.4) is 0 Å². The van der Waals surface area contributed by atoms with E-state index in [1.54, 1.807) is 17.0 Å². The van der Waals surface area contributed by atoms with E-state index in [9.17, 15) is 4.79 Å². The number of amides is 1. The van der Waals surface area contributed by atoms with Crippen molar-refractivity contribution < 1.29 is 9.21 Å². The molecule has 21 heavy (non-hydrogen) atoms. The third-order valence-corrected chi connectivity index (χ3v) is 3.94. The standard InChI is InChI=1S/C17H14N2O2/c1-11-4-2-5-12-10-13-7-8-19(16(13)18-15(11)12)17(20)14-6-3-9-21-14/h2-6,9-10H,7-8H2,1H3. The molecule has 3 heterocycles. The van der Waals surface area contributed by atoms with E-state index < -0.39 is 0 Å². The number of rotatable bonds is 1. The average molecular weight is 278 g/mol. The first kappa shape index (κ1) is 12.1. The van der Waals surface area contributed by atoms with Crippen molar-refractivity contribution in [3.63, 3.8) is 0 Å². The van der Waals surface area contributed by atoms with Crippen LogP contribution < -0.4 is 4.90 Å². The Morgan fingerprint density at radius 1 is 1.29 bits per heavy atom. The van der Waals surface area contributed by atoms with E-state index in [1.165, 1.54) is 6.26 Å². The predicted molar refractivity (Wildman–Crippen MR) is 80.6 cm³/mol. The minimum absolute atomic E-state index is 0.126. The topological polar surface area (TPSA) is 46.3 Å². The Kier molecular flexibility index (Phi) is 2.57. The van der Waals surface area contributed by atoms with Crippen molar-refractivity contribution >= 4 is 22.6 Å². The molecule has 0 saturated heterocycles. The van der Waals surface area contributed by atoms with E-state index in [4.69, 9.17) is 9.40 Å². The average Bonchev–Trinajstić information content (AvgIpc) is 3.15. The fraction of sp³-hybridized carbons (Fsp3) is 0.176. The summed E-state index contributed by atoms with van der Waals surface area (Å²) in [7, 11) is 0. The second-order valence-corrected chi connectivity index (χ2v) is 5.30. The van der Waals surface area contributed by atoms with Gasteiger partial charge in [0.1, 0.15) is 5.82 Å². The van der Waals surface area contributed by atoms with Gasteiger partial charge < -0.3 is 4.42 Å². The monoisotopic (exact) mass is 278 g/mol. The summed E-state index contributed by atoms with van der Waals surface area (Å²) in [4.78, 5) is 18.9. The van der Waals surface area contributed by atoms with E-state index in [2.05, 4.69) is 12.1 Å². The molecule has 1 amide bonds. The fourth-order valence-corrected chi connectivity index (χ4v) is 2.87. The Hall–Kier alpha value is -2.62. The fourth-order valence-electron chi connectivity index (χ4n) is 2.87. The normalized spacial score (nSPS) is 13.7. The zero-order chi connectivity index (χ0) is 14.4. The van der Waals surface area contributed by atoms with Gasteiger partial charge in [-0.1, -0.05) is 18.2 Å². The lowest BCUT2D eigenvalue weighted by Crippen LogP contribution is -2.29. The summed E-state index contributed by atoms with van der Waals surface area (Å²) in [5.74, 6) is 0.993. The number of anilines is 1. The van der Waals surface area contributed by atoms with Crippen molar-refractivity contribution in [1.82, 2.24) is 4.98 Å². The number of carbonyl (C=O) groups excluding carboxylic acids is 1. The number of aryl methyl sites for hydroxylation is 1. The number of benzene rings is 1. The highest BCUT2D eigenvalue weighted by Crippen LogP contribution is 2.31. The molecule has 4 nitrogen and oxygen atoms in total. The number of carbonyl (C=O) groups is 1. The maximum Gasteiger partial charge on any atom is 0.295 e. The quantitative estimate of drug-likeness (QED) is 0.686. The second kappa shape index (κ2) is 4.45. The summed E-state index contributed by atoms with van der Waals surface area (Å²) >= 11 is 0. The van der Waals surface area contributed by atoms with Gasteiger partial charge in [-0.05, 0) is 42.7 Å². The summed E-state index contributed by atoms with van der Waals surface area (Å²) < 4.78 is 5.21. The predicted octanol–water partition coefficient (Wildman–Crippen LogP) is 3.34. The van der Waals surface area contributed by atoms with Gasteiger partial charge in [-0.15, -0.1) is 0 Å². The van der Waals surface area contributed by atoms with Crippen molar-refractivity contribution in [1.29, 1.82) is 0 Å². The molecule has 0 saturated carbocycles. The van der Waals surface area contributed by atoms with E-state index in [-0.39, 0.29) is 5.91 Å². The van der Waals surface area contributed by atoms with Gasteiger partial charge in [0.05, 0.1) is 11.8 Å². The van der Waals surface area contributed by atoms with Crippen molar-refractivity contribution in [2.75, 3.05) is 11.4 Å². The first-order valence-corrected chi connectivity index (χ1v) is 6.98. The molecular formula is C17H14N2O2. The molecule has 0 bridgehead atoms. The molecule has 0 spiro atoms. The van der Waals surface area contributed by atoms with Crippen LogP contribution in [-0.4, -0.2) is 17.4 Å². The molecule has 2 aromatic heterocycles. The van der Waals surface area contributed by atoms with Gasteiger partial charge in [-0.2, -0.15) is 0 Å². The summed E-state index contributed by atoms with van der Waals surface area (Å²) in [6.07, 6.45) is 2.35. The molecule has 0 fully saturated rings. The molecule has 1 aliphatic rings. The molecule has 0 N–H and O–H groups in total. The number of pyridine rings is 1. The highest BCUT2D eigenvalue weighted by molar-refractivity contribution is 6.05. The lowest BCUT2D eigenvalue weighted by molar-refractivity contribution is 0.0962. The molecule has 0 radical (unpaired) electrons. The zero-order valence-corrected chi connectivity index (χ0v) is 11.7. The lowest BCUT2D eigenvalue weighted by atomic mass is 10.1. The SMILES string of the molecule is Cc1cccc2cc3c(nc12)N(C(=O)c1ccco1)CC3. The molecule has 1 aromatic carbocycles. The Labute approximate surface area is 122 Å². The van der Waals surface area contributed by atoms with Crippen LogP contribution in [0.5, 0.6) is 0 Å². The van der Waals surface area contributed by atoms with Gasteiger partial charge in [0.25, 0.3) is 5.91 Å². The molecular weight excluding hydrogens is 264 g/mol. The largest absolute Gasteiger partial charge is 0.459 e. The molecule has 4 rings (SSSR count). The Morgan fingerprint density at radius 3 is 3.00 bits per heavy atom.